The zero-order valence-corrected chi connectivity index (χ0v) is 10.2. The number of nitro groups is 1. The van der Waals surface area contributed by atoms with Gasteiger partial charge in [-0.3, -0.25) is 30.6 Å². The van der Waals surface area contributed by atoms with Crippen LogP contribution in [0.3, 0.4) is 0 Å². The van der Waals surface area contributed by atoms with Gasteiger partial charge in [-0.2, -0.15) is 0 Å². The molecule has 0 aliphatic heterocycles. The molecule has 0 spiro atoms. The maximum absolute atomic E-state index is 11.5. The van der Waals surface area contributed by atoms with Crippen molar-refractivity contribution in [2.45, 2.75) is 4.84 Å². The van der Waals surface area contributed by atoms with Gasteiger partial charge in [-0.05, 0) is 12.1 Å². The number of nitrogens with one attached hydrogen (secondary N) is 2. The first-order valence-electron chi connectivity index (χ1n) is 4.54. The molecule has 1 aromatic carbocycles. The fraction of sp³-hybridized carbons (Fsp3) is 0.111. The Morgan fingerprint density at radius 3 is 2.17 bits per heavy atom. The van der Waals surface area contributed by atoms with E-state index < -0.39 is 21.6 Å². The van der Waals surface area contributed by atoms with Crippen LogP contribution in [0.4, 0.5) is 5.69 Å². The summed E-state index contributed by atoms with van der Waals surface area (Å²) < 4.78 is 0. The predicted molar refractivity (Wildman–Crippen MR) is 64.2 cm³/mol. The third kappa shape index (κ3) is 3.86. The largest absolute Gasteiger partial charge is 0.271 e. The molecule has 0 aromatic heterocycles. The third-order valence-corrected chi connectivity index (χ3v) is 2.23. The number of halogens is 2. The smallest absolute Gasteiger partial charge is 0.270 e. The van der Waals surface area contributed by atoms with Crippen molar-refractivity contribution < 1.29 is 14.5 Å². The van der Waals surface area contributed by atoms with E-state index in [-0.39, 0.29) is 11.3 Å². The van der Waals surface area contributed by atoms with Gasteiger partial charge in [0.2, 0.25) is 0 Å². The molecule has 18 heavy (non-hydrogen) atoms. The van der Waals surface area contributed by atoms with Crippen molar-refractivity contribution >= 4 is 40.7 Å². The summed E-state index contributed by atoms with van der Waals surface area (Å²) >= 11 is 10.5. The standard InChI is InChI=1S/C9H7Cl2N3O4/c10-7(11)9(16)13-12-8(15)5-1-3-6(4-2-5)14(17)18/h1-4,7H,(H,12,15)(H,13,16). The SMILES string of the molecule is O=C(NNC(=O)C(Cl)Cl)c1ccc([N+](=O)[O-])cc1. The zero-order chi connectivity index (χ0) is 13.7. The van der Waals surface area contributed by atoms with Crippen LogP contribution >= 0.6 is 23.2 Å². The van der Waals surface area contributed by atoms with E-state index in [1.807, 2.05) is 5.43 Å². The molecule has 0 heterocycles. The molecule has 0 aliphatic rings. The molecule has 0 bridgehead atoms. The quantitative estimate of drug-likeness (QED) is 0.496. The number of nitrogens with zero attached hydrogens (tertiary/aromatic N) is 1. The number of amides is 2. The van der Waals surface area contributed by atoms with E-state index in [1.54, 1.807) is 0 Å². The number of rotatable bonds is 3. The number of non-ortho nitro benzene ring substituents is 1. The Morgan fingerprint density at radius 2 is 1.72 bits per heavy atom. The Bertz CT molecular complexity index is 475. The van der Waals surface area contributed by atoms with E-state index in [0.29, 0.717) is 0 Å². The number of nitro benzene ring substituents is 1. The molecule has 7 nitrogen and oxygen atoms in total. The summed E-state index contributed by atoms with van der Waals surface area (Å²) in [6.45, 7) is 0. The Balaban J connectivity index is 2.62. The van der Waals surface area contributed by atoms with Crippen molar-refractivity contribution in [2.24, 2.45) is 0 Å². The summed E-state index contributed by atoms with van der Waals surface area (Å²) in [5.41, 5.74) is 4.03. The van der Waals surface area contributed by atoms with Gasteiger partial charge < -0.3 is 0 Å². The topological polar surface area (TPSA) is 101 Å². The summed E-state index contributed by atoms with van der Waals surface area (Å²) in [5, 5.41) is 10.4. The highest BCUT2D eigenvalue weighted by molar-refractivity contribution is 6.53. The van der Waals surface area contributed by atoms with Crippen LogP contribution in [0.2, 0.25) is 0 Å². The van der Waals surface area contributed by atoms with E-state index in [2.05, 4.69) is 5.43 Å². The van der Waals surface area contributed by atoms with E-state index in [9.17, 15) is 19.7 Å². The van der Waals surface area contributed by atoms with Gasteiger partial charge in [0, 0.05) is 17.7 Å². The van der Waals surface area contributed by atoms with Crippen LogP contribution in [0.15, 0.2) is 24.3 Å². The number of carbonyl (C=O) groups is 2. The van der Waals surface area contributed by atoms with Crippen molar-refractivity contribution in [3.8, 4) is 0 Å². The lowest BCUT2D eigenvalue weighted by Gasteiger charge is -2.07. The summed E-state index contributed by atoms with van der Waals surface area (Å²) in [6.07, 6.45) is 0. The fourth-order valence-corrected chi connectivity index (χ4v) is 1.09. The Kier molecular flexibility index (Phi) is 4.87. The lowest BCUT2D eigenvalue weighted by molar-refractivity contribution is -0.384. The summed E-state index contributed by atoms with van der Waals surface area (Å²) in [4.78, 5) is 30.9. The van der Waals surface area contributed by atoms with Crippen LogP contribution < -0.4 is 10.9 Å². The number of hydrazine groups is 1. The maximum atomic E-state index is 11.5. The van der Waals surface area contributed by atoms with E-state index >= 15 is 0 Å². The second kappa shape index (κ2) is 6.18. The minimum Gasteiger partial charge on any atom is -0.270 e. The Morgan fingerprint density at radius 1 is 1.17 bits per heavy atom. The number of benzene rings is 1. The first-order valence-corrected chi connectivity index (χ1v) is 5.42. The maximum Gasteiger partial charge on any atom is 0.271 e. The normalized spacial score (nSPS) is 9.94. The molecular weight excluding hydrogens is 285 g/mol. The van der Waals surface area contributed by atoms with E-state index in [4.69, 9.17) is 23.2 Å². The van der Waals surface area contributed by atoms with Gasteiger partial charge in [-0.25, -0.2) is 0 Å². The second-order valence-electron chi connectivity index (χ2n) is 3.05. The molecule has 0 saturated carbocycles. The van der Waals surface area contributed by atoms with Crippen LogP contribution in [0.5, 0.6) is 0 Å². The van der Waals surface area contributed by atoms with Crippen LogP contribution in [-0.4, -0.2) is 21.6 Å². The van der Waals surface area contributed by atoms with E-state index in [1.165, 1.54) is 24.3 Å². The van der Waals surface area contributed by atoms with Crippen molar-refractivity contribution in [2.75, 3.05) is 0 Å². The molecule has 0 saturated heterocycles. The van der Waals surface area contributed by atoms with Crippen molar-refractivity contribution in [1.82, 2.24) is 10.9 Å². The summed E-state index contributed by atoms with van der Waals surface area (Å²) in [7, 11) is 0. The number of carbonyl (C=O) groups excluding carboxylic acids is 2. The van der Waals surface area contributed by atoms with Gasteiger partial charge in [0.25, 0.3) is 17.5 Å². The molecule has 0 aliphatic carbocycles. The lowest BCUT2D eigenvalue weighted by atomic mass is 10.2. The van der Waals surface area contributed by atoms with E-state index in [0.717, 1.165) is 0 Å². The third-order valence-electron chi connectivity index (χ3n) is 1.84. The van der Waals surface area contributed by atoms with Gasteiger partial charge >= 0.3 is 0 Å². The van der Waals surface area contributed by atoms with Gasteiger partial charge in [0.05, 0.1) is 4.92 Å². The first-order chi connectivity index (χ1) is 8.41. The second-order valence-corrected chi connectivity index (χ2v) is 4.14. The highest BCUT2D eigenvalue weighted by Crippen LogP contribution is 2.11. The number of hydrogen-bond acceptors (Lipinski definition) is 4. The van der Waals surface area contributed by atoms with Crippen molar-refractivity contribution in [1.29, 1.82) is 0 Å². The molecular formula is C9H7Cl2N3O4. The van der Waals surface area contributed by atoms with Gasteiger partial charge in [-0.1, -0.05) is 23.2 Å². The molecule has 1 rings (SSSR count). The highest BCUT2D eigenvalue weighted by atomic mass is 35.5. The molecule has 2 amide bonds. The number of hydrogen-bond donors (Lipinski definition) is 2. The lowest BCUT2D eigenvalue weighted by Crippen LogP contribution is -2.43. The fourth-order valence-electron chi connectivity index (χ4n) is 0.980. The summed E-state index contributed by atoms with van der Waals surface area (Å²) in [5.74, 6) is -1.43. The van der Waals surface area contributed by atoms with Gasteiger partial charge in [-0.15, -0.1) is 0 Å². The van der Waals surface area contributed by atoms with Gasteiger partial charge in [0.1, 0.15) is 0 Å². The Hall–Kier alpha value is -1.86. The van der Waals surface area contributed by atoms with Crippen molar-refractivity contribution in [3.63, 3.8) is 0 Å². The number of alkyl halides is 2. The molecule has 0 atom stereocenters. The van der Waals surface area contributed by atoms with Crippen molar-refractivity contribution in [3.05, 3.63) is 39.9 Å². The first kappa shape index (κ1) is 14.2. The van der Waals surface area contributed by atoms with Crippen LogP contribution in [0.25, 0.3) is 0 Å². The minimum absolute atomic E-state index is 0.140. The predicted octanol–water partition coefficient (Wildman–Crippen LogP) is 1.16. The molecule has 2 N–H and O–H groups in total. The monoisotopic (exact) mass is 291 g/mol. The average molecular weight is 292 g/mol. The molecule has 0 unspecified atom stereocenters. The molecule has 0 radical (unpaired) electrons. The van der Waals surface area contributed by atoms with Crippen LogP contribution in [-0.2, 0) is 4.79 Å². The molecule has 9 heteroatoms. The zero-order valence-electron chi connectivity index (χ0n) is 8.72. The minimum atomic E-state index is -1.30. The average Bonchev–Trinajstić information content (AvgIpc) is 2.35. The highest BCUT2D eigenvalue weighted by Gasteiger charge is 2.13. The van der Waals surface area contributed by atoms with Gasteiger partial charge in [0.15, 0.2) is 4.84 Å². The molecule has 1 aromatic rings. The molecule has 96 valence electrons. The summed E-state index contributed by atoms with van der Waals surface area (Å²) in [6, 6.07) is 4.84. The molecule has 0 fully saturated rings. The van der Waals surface area contributed by atoms with Crippen LogP contribution in [0.1, 0.15) is 10.4 Å². The van der Waals surface area contributed by atoms with Crippen LogP contribution in [0, 0.1) is 10.1 Å². The Labute approximate surface area is 111 Å².